The van der Waals surface area contributed by atoms with Gasteiger partial charge in [-0.15, -0.1) is 22.7 Å². The van der Waals surface area contributed by atoms with Crippen molar-refractivity contribution >= 4 is 33.7 Å². The Morgan fingerprint density at radius 2 is 2.22 bits per heavy atom. The largest absolute Gasteiger partial charge is 0.497 e. The molecule has 6 heteroatoms. The van der Waals surface area contributed by atoms with Gasteiger partial charge in [0.25, 0.3) is 5.91 Å². The summed E-state index contributed by atoms with van der Waals surface area (Å²) in [7, 11) is 1.66. The number of rotatable bonds is 5. The molecule has 118 valence electrons. The van der Waals surface area contributed by atoms with E-state index in [1.54, 1.807) is 13.3 Å². The first-order valence-electron chi connectivity index (χ1n) is 7.09. The molecule has 0 bridgehead atoms. The fourth-order valence-electron chi connectivity index (χ4n) is 2.19. The third kappa shape index (κ3) is 3.78. The number of hydrogen-bond acceptors (Lipinski definition) is 5. The first-order chi connectivity index (χ1) is 11.2. The molecule has 4 nitrogen and oxygen atoms in total. The molecular weight excluding hydrogens is 328 g/mol. The summed E-state index contributed by atoms with van der Waals surface area (Å²) in [6.07, 6.45) is 2.57. The Balaban J connectivity index is 1.68. The third-order valence-electron chi connectivity index (χ3n) is 3.35. The Labute approximate surface area is 142 Å². The van der Waals surface area contributed by atoms with Crippen molar-refractivity contribution in [3.8, 4) is 5.75 Å². The summed E-state index contributed by atoms with van der Waals surface area (Å²) in [5, 5.41) is 5.41. The number of thiophene rings is 1. The van der Waals surface area contributed by atoms with Gasteiger partial charge in [-0.25, -0.2) is 4.98 Å². The van der Waals surface area contributed by atoms with Gasteiger partial charge in [-0.2, -0.15) is 0 Å². The zero-order valence-corrected chi connectivity index (χ0v) is 14.5. The van der Waals surface area contributed by atoms with E-state index in [9.17, 15) is 4.79 Å². The number of benzene rings is 1. The van der Waals surface area contributed by atoms with Gasteiger partial charge in [0.05, 0.1) is 12.0 Å². The number of ether oxygens (including phenoxy) is 1. The number of hydrogen-bond donors (Lipinski definition) is 1. The highest BCUT2D eigenvalue weighted by Gasteiger charge is 2.13. The van der Waals surface area contributed by atoms with Crippen molar-refractivity contribution in [2.24, 2.45) is 0 Å². The van der Waals surface area contributed by atoms with Crippen molar-refractivity contribution in [1.29, 1.82) is 0 Å². The number of aryl methyl sites for hydroxylation is 1. The van der Waals surface area contributed by atoms with Crippen LogP contribution in [0.2, 0.25) is 0 Å². The molecular formula is C17H16N2O2S2. The SMILES string of the molecule is COc1cccc(Cc2cnc(NC(=O)c3sccc3C)s2)c1. The standard InChI is InChI=1S/C17H16N2O2S2/c1-11-6-7-22-15(11)16(20)19-17-18-10-14(23-17)9-12-4-3-5-13(8-12)21-2/h3-8,10H,9H2,1-2H3,(H,18,19,20). The number of carbonyl (C=O) groups is 1. The molecule has 2 heterocycles. The van der Waals surface area contributed by atoms with Gasteiger partial charge in [-0.05, 0) is 41.6 Å². The second kappa shape index (κ2) is 6.93. The summed E-state index contributed by atoms with van der Waals surface area (Å²) in [5.74, 6) is 0.744. The lowest BCUT2D eigenvalue weighted by atomic mass is 10.1. The lowest BCUT2D eigenvalue weighted by Gasteiger charge is -2.02. The maximum Gasteiger partial charge on any atom is 0.267 e. The van der Waals surface area contributed by atoms with Crippen LogP contribution < -0.4 is 10.1 Å². The monoisotopic (exact) mass is 344 g/mol. The summed E-state index contributed by atoms with van der Waals surface area (Å²) < 4.78 is 5.23. The Kier molecular flexibility index (Phi) is 4.73. The molecule has 0 radical (unpaired) electrons. The Morgan fingerprint density at radius 1 is 1.35 bits per heavy atom. The molecule has 0 spiro atoms. The van der Waals surface area contributed by atoms with Crippen LogP contribution in [0.1, 0.15) is 25.7 Å². The lowest BCUT2D eigenvalue weighted by molar-refractivity contribution is 0.103. The normalized spacial score (nSPS) is 10.5. The fourth-order valence-corrected chi connectivity index (χ4v) is 3.85. The third-order valence-corrected chi connectivity index (χ3v) is 5.28. The highest BCUT2D eigenvalue weighted by Crippen LogP contribution is 2.24. The van der Waals surface area contributed by atoms with Crippen molar-refractivity contribution in [3.05, 3.63) is 62.8 Å². The quantitative estimate of drug-likeness (QED) is 0.748. The maximum atomic E-state index is 12.2. The van der Waals surface area contributed by atoms with E-state index in [-0.39, 0.29) is 5.91 Å². The van der Waals surface area contributed by atoms with E-state index in [4.69, 9.17) is 4.74 Å². The molecule has 0 aliphatic carbocycles. The van der Waals surface area contributed by atoms with Gasteiger partial charge < -0.3 is 4.74 Å². The van der Waals surface area contributed by atoms with Gasteiger partial charge in [-0.1, -0.05) is 12.1 Å². The number of amides is 1. The average molecular weight is 344 g/mol. The topological polar surface area (TPSA) is 51.2 Å². The summed E-state index contributed by atoms with van der Waals surface area (Å²) >= 11 is 2.93. The number of nitrogens with zero attached hydrogens (tertiary/aromatic N) is 1. The Bertz CT molecular complexity index is 823. The van der Waals surface area contributed by atoms with Crippen LogP contribution in [0.25, 0.3) is 0 Å². The molecule has 0 saturated heterocycles. The van der Waals surface area contributed by atoms with E-state index in [1.165, 1.54) is 22.7 Å². The molecule has 1 aromatic carbocycles. The van der Waals surface area contributed by atoms with Gasteiger partial charge >= 0.3 is 0 Å². The van der Waals surface area contributed by atoms with Crippen molar-refractivity contribution < 1.29 is 9.53 Å². The second-order valence-electron chi connectivity index (χ2n) is 5.05. The molecule has 0 fully saturated rings. The van der Waals surface area contributed by atoms with E-state index in [2.05, 4.69) is 16.4 Å². The predicted octanol–water partition coefficient (Wildman–Crippen LogP) is 4.36. The van der Waals surface area contributed by atoms with Crippen LogP contribution in [0.4, 0.5) is 5.13 Å². The average Bonchev–Trinajstić information content (AvgIpc) is 3.16. The molecule has 23 heavy (non-hydrogen) atoms. The Morgan fingerprint density at radius 3 is 2.96 bits per heavy atom. The van der Waals surface area contributed by atoms with Crippen LogP contribution in [0.15, 0.2) is 41.9 Å². The van der Waals surface area contributed by atoms with Gasteiger partial charge in [0.1, 0.15) is 5.75 Å². The smallest absolute Gasteiger partial charge is 0.267 e. The molecule has 3 aromatic rings. The van der Waals surface area contributed by atoms with Gasteiger partial charge in [-0.3, -0.25) is 10.1 Å². The molecule has 0 aliphatic rings. The van der Waals surface area contributed by atoms with Crippen LogP contribution in [-0.4, -0.2) is 18.0 Å². The molecule has 3 rings (SSSR count). The van der Waals surface area contributed by atoms with Gasteiger partial charge in [0.15, 0.2) is 5.13 Å². The minimum absolute atomic E-state index is 0.0974. The zero-order valence-electron chi connectivity index (χ0n) is 12.8. The van der Waals surface area contributed by atoms with Crippen molar-refractivity contribution in [2.75, 3.05) is 12.4 Å². The van der Waals surface area contributed by atoms with Crippen molar-refractivity contribution in [1.82, 2.24) is 4.98 Å². The van der Waals surface area contributed by atoms with E-state index >= 15 is 0 Å². The van der Waals surface area contributed by atoms with Crippen LogP contribution >= 0.6 is 22.7 Å². The first kappa shape index (κ1) is 15.7. The van der Waals surface area contributed by atoms with E-state index in [0.717, 1.165) is 33.1 Å². The first-order valence-corrected chi connectivity index (χ1v) is 8.78. The summed E-state index contributed by atoms with van der Waals surface area (Å²) in [6, 6.07) is 9.89. The van der Waals surface area contributed by atoms with Crippen LogP contribution in [0.3, 0.4) is 0 Å². The minimum atomic E-state index is -0.0974. The lowest BCUT2D eigenvalue weighted by Crippen LogP contribution is -2.10. The van der Waals surface area contributed by atoms with Crippen LogP contribution in [0, 0.1) is 6.92 Å². The number of thiazole rings is 1. The molecule has 0 aliphatic heterocycles. The highest BCUT2D eigenvalue weighted by molar-refractivity contribution is 7.16. The number of methoxy groups -OCH3 is 1. The number of anilines is 1. The number of aromatic nitrogens is 1. The van der Waals surface area contributed by atoms with Crippen LogP contribution in [0.5, 0.6) is 5.75 Å². The molecule has 0 atom stereocenters. The van der Waals surface area contributed by atoms with E-state index in [0.29, 0.717) is 5.13 Å². The zero-order chi connectivity index (χ0) is 16.2. The second-order valence-corrected chi connectivity index (χ2v) is 7.08. The molecule has 1 N–H and O–H groups in total. The molecule has 0 unspecified atom stereocenters. The van der Waals surface area contributed by atoms with Gasteiger partial charge in [0, 0.05) is 17.5 Å². The minimum Gasteiger partial charge on any atom is -0.497 e. The molecule has 1 amide bonds. The van der Waals surface area contributed by atoms with Crippen LogP contribution in [-0.2, 0) is 6.42 Å². The summed E-state index contributed by atoms with van der Waals surface area (Å²) in [5.41, 5.74) is 2.14. The summed E-state index contributed by atoms with van der Waals surface area (Å²) in [4.78, 5) is 18.3. The van der Waals surface area contributed by atoms with E-state index in [1.807, 2.05) is 36.6 Å². The number of carbonyl (C=O) groups excluding carboxylic acids is 1. The van der Waals surface area contributed by atoms with Crippen molar-refractivity contribution in [3.63, 3.8) is 0 Å². The Hall–Kier alpha value is -2.18. The highest BCUT2D eigenvalue weighted by atomic mass is 32.1. The van der Waals surface area contributed by atoms with E-state index < -0.39 is 0 Å². The molecule has 2 aromatic heterocycles. The predicted molar refractivity (Wildman–Crippen MR) is 94.9 cm³/mol. The van der Waals surface area contributed by atoms with Crippen molar-refractivity contribution in [2.45, 2.75) is 13.3 Å². The van der Waals surface area contributed by atoms with Gasteiger partial charge in [0.2, 0.25) is 0 Å². The molecule has 0 saturated carbocycles. The number of nitrogens with one attached hydrogen (secondary N) is 1. The summed E-state index contributed by atoms with van der Waals surface area (Å²) in [6.45, 7) is 1.93. The maximum absolute atomic E-state index is 12.2. The fraction of sp³-hybridized carbons (Fsp3) is 0.176.